The van der Waals surface area contributed by atoms with Crippen molar-refractivity contribution in [2.45, 2.75) is 17.0 Å². The summed E-state index contributed by atoms with van der Waals surface area (Å²) >= 11 is 7.73. The summed E-state index contributed by atoms with van der Waals surface area (Å²) in [5.41, 5.74) is 2.52. The maximum absolute atomic E-state index is 6.23. The number of hydrogen-bond donors (Lipinski definition) is 0. The molecule has 4 rings (SSSR count). The average molecular weight is 328 g/mol. The second-order valence-electron chi connectivity index (χ2n) is 4.80. The van der Waals surface area contributed by atoms with Crippen molar-refractivity contribution < 1.29 is 0 Å². The first-order chi connectivity index (χ1) is 10.7. The number of pyridine rings is 1. The minimum absolute atomic E-state index is 0.688. The van der Waals surface area contributed by atoms with Crippen LogP contribution in [0.1, 0.15) is 5.69 Å². The number of fused-ring (bicyclic) bond motifs is 2. The Labute approximate surface area is 135 Å². The molecule has 7 heteroatoms. The lowest BCUT2D eigenvalue weighted by molar-refractivity contribution is 0.792. The molecular weight excluding hydrogens is 318 g/mol. The second-order valence-corrected chi connectivity index (χ2v) is 6.25. The summed E-state index contributed by atoms with van der Waals surface area (Å²) in [5.74, 6) is 0. The van der Waals surface area contributed by atoms with Crippen molar-refractivity contribution in [2.75, 3.05) is 0 Å². The predicted octanol–water partition coefficient (Wildman–Crippen LogP) is 3.79. The fourth-order valence-corrected chi connectivity index (χ4v) is 3.22. The summed E-state index contributed by atoms with van der Waals surface area (Å²) in [7, 11) is 0. The normalized spacial score (nSPS) is 11.4. The van der Waals surface area contributed by atoms with Gasteiger partial charge in [-0.1, -0.05) is 11.6 Å². The standard InChI is InChI=1S/C15H10ClN5S/c1-9-2-5-14-18-19-15(21(14)20-9)22-10-3-4-13-11(8-10)12(16)6-7-17-13/h2-8H,1H3. The number of nitrogens with zero attached hydrogens (tertiary/aromatic N) is 5. The van der Waals surface area contributed by atoms with Crippen molar-refractivity contribution in [3.05, 3.63) is 53.3 Å². The number of hydrogen-bond acceptors (Lipinski definition) is 5. The molecule has 0 aliphatic carbocycles. The van der Waals surface area contributed by atoms with Crippen LogP contribution in [-0.2, 0) is 0 Å². The van der Waals surface area contributed by atoms with E-state index in [9.17, 15) is 0 Å². The zero-order chi connectivity index (χ0) is 15.1. The van der Waals surface area contributed by atoms with Gasteiger partial charge in [0.05, 0.1) is 16.2 Å². The van der Waals surface area contributed by atoms with Crippen LogP contribution in [0.4, 0.5) is 0 Å². The van der Waals surface area contributed by atoms with E-state index >= 15 is 0 Å². The van der Waals surface area contributed by atoms with Crippen molar-refractivity contribution in [1.82, 2.24) is 24.8 Å². The lowest BCUT2D eigenvalue weighted by Gasteiger charge is -2.03. The van der Waals surface area contributed by atoms with Gasteiger partial charge in [-0.25, -0.2) is 0 Å². The first-order valence-electron chi connectivity index (χ1n) is 6.62. The maximum atomic E-state index is 6.23. The number of aromatic nitrogens is 5. The first kappa shape index (κ1) is 13.5. The molecule has 0 atom stereocenters. The summed E-state index contributed by atoms with van der Waals surface area (Å²) in [5, 5.41) is 15.1. The van der Waals surface area contributed by atoms with E-state index < -0.39 is 0 Å². The predicted molar refractivity (Wildman–Crippen MR) is 86.4 cm³/mol. The highest BCUT2D eigenvalue weighted by Crippen LogP contribution is 2.30. The Morgan fingerprint density at radius 2 is 2.00 bits per heavy atom. The molecule has 0 radical (unpaired) electrons. The lowest BCUT2D eigenvalue weighted by atomic mass is 10.2. The number of aryl methyl sites for hydroxylation is 1. The number of rotatable bonds is 2. The lowest BCUT2D eigenvalue weighted by Crippen LogP contribution is -1.95. The van der Waals surface area contributed by atoms with Gasteiger partial charge in [-0.3, -0.25) is 4.98 Å². The summed E-state index contributed by atoms with van der Waals surface area (Å²) < 4.78 is 1.75. The summed E-state index contributed by atoms with van der Waals surface area (Å²) in [4.78, 5) is 5.32. The quantitative estimate of drug-likeness (QED) is 0.560. The Hall–Kier alpha value is -2.18. The molecule has 0 unspecified atom stereocenters. The third-order valence-corrected chi connectivity index (χ3v) is 4.49. The molecule has 22 heavy (non-hydrogen) atoms. The highest BCUT2D eigenvalue weighted by Gasteiger charge is 2.10. The van der Waals surface area contributed by atoms with Gasteiger partial charge in [-0.2, -0.15) is 9.61 Å². The Morgan fingerprint density at radius 3 is 2.91 bits per heavy atom. The smallest absolute Gasteiger partial charge is 0.217 e. The van der Waals surface area contributed by atoms with E-state index in [1.807, 2.05) is 37.3 Å². The van der Waals surface area contributed by atoms with Crippen molar-refractivity contribution in [2.24, 2.45) is 0 Å². The molecule has 4 aromatic rings. The highest BCUT2D eigenvalue weighted by atomic mass is 35.5. The molecule has 5 nitrogen and oxygen atoms in total. The van der Waals surface area contributed by atoms with Crippen molar-refractivity contribution in [3.8, 4) is 0 Å². The zero-order valence-electron chi connectivity index (χ0n) is 11.6. The van der Waals surface area contributed by atoms with Crippen LogP contribution in [0.3, 0.4) is 0 Å². The van der Waals surface area contributed by atoms with Gasteiger partial charge < -0.3 is 0 Å². The van der Waals surface area contributed by atoms with Gasteiger partial charge in [0.2, 0.25) is 5.16 Å². The molecule has 0 aliphatic rings. The van der Waals surface area contributed by atoms with Gasteiger partial charge in [-0.05, 0) is 55.1 Å². The fourth-order valence-electron chi connectivity index (χ4n) is 2.19. The maximum Gasteiger partial charge on any atom is 0.217 e. The molecular formula is C15H10ClN5S. The molecule has 0 aliphatic heterocycles. The Kier molecular flexibility index (Phi) is 3.20. The van der Waals surface area contributed by atoms with Crippen LogP contribution in [0.2, 0.25) is 5.02 Å². The molecule has 1 aromatic carbocycles. The van der Waals surface area contributed by atoms with Crippen LogP contribution >= 0.6 is 23.4 Å². The van der Waals surface area contributed by atoms with Crippen LogP contribution in [0.25, 0.3) is 16.6 Å². The third kappa shape index (κ3) is 2.30. The fraction of sp³-hybridized carbons (Fsp3) is 0.0667. The van der Waals surface area contributed by atoms with E-state index in [0.29, 0.717) is 5.02 Å². The summed E-state index contributed by atoms with van der Waals surface area (Å²) in [6.45, 7) is 1.94. The molecule has 3 heterocycles. The van der Waals surface area contributed by atoms with E-state index in [-0.39, 0.29) is 0 Å². The second kappa shape index (κ2) is 5.23. The molecule has 0 saturated carbocycles. The Balaban J connectivity index is 1.79. The SMILES string of the molecule is Cc1ccc2nnc(Sc3ccc4nccc(Cl)c4c3)n2n1. The van der Waals surface area contributed by atoms with Gasteiger partial charge in [0.1, 0.15) is 0 Å². The van der Waals surface area contributed by atoms with Gasteiger partial charge in [0.15, 0.2) is 5.65 Å². The molecule has 3 aromatic heterocycles. The van der Waals surface area contributed by atoms with Gasteiger partial charge >= 0.3 is 0 Å². The monoisotopic (exact) mass is 327 g/mol. The highest BCUT2D eigenvalue weighted by molar-refractivity contribution is 7.99. The molecule has 0 N–H and O–H groups in total. The largest absolute Gasteiger partial charge is 0.256 e. The summed E-state index contributed by atoms with van der Waals surface area (Å²) in [6.07, 6.45) is 1.70. The molecule has 0 saturated heterocycles. The van der Waals surface area contributed by atoms with Crippen molar-refractivity contribution in [1.29, 1.82) is 0 Å². The first-order valence-corrected chi connectivity index (χ1v) is 7.81. The zero-order valence-corrected chi connectivity index (χ0v) is 13.1. The molecule has 0 spiro atoms. The summed E-state index contributed by atoms with van der Waals surface area (Å²) in [6, 6.07) is 11.6. The van der Waals surface area contributed by atoms with E-state index in [2.05, 4.69) is 20.3 Å². The topological polar surface area (TPSA) is 56.0 Å². The van der Waals surface area contributed by atoms with E-state index in [1.54, 1.807) is 16.8 Å². The molecule has 0 fully saturated rings. The number of benzene rings is 1. The molecule has 0 bridgehead atoms. The third-order valence-electron chi connectivity index (χ3n) is 3.24. The molecule has 108 valence electrons. The minimum Gasteiger partial charge on any atom is -0.256 e. The Bertz CT molecular complexity index is 998. The van der Waals surface area contributed by atoms with Crippen LogP contribution in [0.15, 0.2) is 52.6 Å². The minimum atomic E-state index is 0.688. The van der Waals surface area contributed by atoms with Crippen molar-refractivity contribution >= 4 is 39.9 Å². The van der Waals surface area contributed by atoms with Crippen LogP contribution in [-0.4, -0.2) is 24.8 Å². The van der Waals surface area contributed by atoms with Crippen LogP contribution in [0.5, 0.6) is 0 Å². The molecule has 0 amide bonds. The average Bonchev–Trinajstić information content (AvgIpc) is 2.90. The van der Waals surface area contributed by atoms with Gasteiger partial charge in [0, 0.05) is 16.5 Å². The van der Waals surface area contributed by atoms with Crippen LogP contribution < -0.4 is 0 Å². The number of halogens is 1. The van der Waals surface area contributed by atoms with Gasteiger partial charge in [0.25, 0.3) is 0 Å². The van der Waals surface area contributed by atoms with Crippen LogP contribution in [0, 0.1) is 6.92 Å². The van der Waals surface area contributed by atoms with E-state index in [4.69, 9.17) is 11.6 Å². The van der Waals surface area contributed by atoms with E-state index in [0.717, 1.165) is 32.3 Å². The Morgan fingerprint density at radius 1 is 1.09 bits per heavy atom. The van der Waals surface area contributed by atoms with Crippen molar-refractivity contribution in [3.63, 3.8) is 0 Å². The van der Waals surface area contributed by atoms with Gasteiger partial charge in [-0.15, -0.1) is 10.2 Å². The van der Waals surface area contributed by atoms with E-state index in [1.165, 1.54) is 11.8 Å².